The monoisotopic (exact) mass is 398 g/mol. The highest BCUT2D eigenvalue weighted by atomic mass is 16.5. The summed E-state index contributed by atoms with van der Waals surface area (Å²) in [4.78, 5) is 24.2. The van der Waals surface area contributed by atoms with Crippen molar-refractivity contribution < 1.29 is 19.1 Å². The molecule has 0 atom stereocenters. The van der Waals surface area contributed by atoms with Crippen molar-refractivity contribution in [2.45, 2.75) is 33.6 Å². The van der Waals surface area contributed by atoms with Crippen LogP contribution in [0.3, 0.4) is 0 Å². The number of hydrogen-bond acceptors (Lipinski definition) is 4. The Morgan fingerprint density at radius 3 is 2.34 bits per heavy atom. The van der Waals surface area contributed by atoms with E-state index < -0.39 is 0 Å². The Labute approximate surface area is 172 Å². The minimum Gasteiger partial charge on any atom is -0.490 e. The molecule has 2 aromatic carbocycles. The first-order chi connectivity index (χ1) is 14.0. The molecule has 0 saturated heterocycles. The maximum Gasteiger partial charge on any atom is 0.251 e. The molecule has 0 saturated carbocycles. The molecule has 0 aliphatic rings. The lowest BCUT2D eigenvalue weighted by Gasteiger charge is -2.13. The van der Waals surface area contributed by atoms with Crippen molar-refractivity contribution in [1.29, 1.82) is 0 Å². The zero-order valence-corrected chi connectivity index (χ0v) is 17.4. The number of rotatable bonds is 11. The van der Waals surface area contributed by atoms with E-state index in [0.29, 0.717) is 38.3 Å². The fraction of sp³-hybridized carbons (Fsp3) is 0.391. The average molecular weight is 399 g/mol. The van der Waals surface area contributed by atoms with Gasteiger partial charge < -0.3 is 20.1 Å². The lowest BCUT2D eigenvalue weighted by atomic mass is 10.1. The smallest absolute Gasteiger partial charge is 0.251 e. The first-order valence-corrected chi connectivity index (χ1v) is 10.0. The van der Waals surface area contributed by atoms with E-state index in [1.807, 2.05) is 57.2 Å². The highest BCUT2D eigenvalue weighted by Crippen LogP contribution is 2.28. The van der Waals surface area contributed by atoms with Crippen LogP contribution in [-0.2, 0) is 11.2 Å². The summed E-state index contributed by atoms with van der Waals surface area (Å²) >= 11 is 0. The Hall–Kier alpha value is -3.02. The molecule has 0 aliphatic carbocycles. The molecule has 0 aromatic heterocycles. The molecule has 0 fully saturated rings. The van der Waals surface area contributed by atoms with E-state index in [2.05, 4.69) is 10.6 Å². The Kier molecular flexibility index (Phi) is 9.02. The van der Waals surface area contributed by atoms with Crippen molar-refractivity contribution >= 4 is 11.8 Å². The van der Waals surface area contributed by atoms with E-state index in [-0.39, 0.29) is 18.2 Å². The number of nitrogens with one attached hydrogen (secondary N) is 2. The second-order valence-electron chi connectivity index (χ2n) is 6.57. The maximum absolute atomic E-state index is 12.1. The third kappa shape index (κ3) is 7.14. The predicted octanol–water partition coefficient (Wildman–Crippen LogP) is 3.27. The zero-order valence-electron chi connectivity index (χ0n) is 17.4. The number of carbonyl (C=O) groups is 2. The molecule has 2 aromatic rings. The summed E-state index contributed by atoms with van der Waals surface area (Å²) in [6, 6.07) is 13.2. The van der Waals surface area contributed by atoms with Crippen LogP contribution in [0.25, 0.3) is 0 Å². The summed E-state index contributed by atoms with van der Waals surface area (Å²) in [6.45, 7) is 7.72. The van der Waals surface area contributed by atoms with Gasteiger partial charge in [0.25, 0.3) is 5.91 Å². The van der Waals surface area contributed by atoms with E-state index >= 15 is 0 Å². The minimum absolute atomic E-state index is 0.0916. The van der Waals surface area contributed by atoms with Crippen LogP contribution in [0.15, 0.2) is 42.5 Å². The van der Waals surface area contributed by atoms with E-state index in [0.717, 1.165) is 22.6 Å². The number of carbonyl (C=O) groups excluding carboxylic acids is 2. The molecule has 0 heterocycles. The molecule has 0 bridgehead atoms. The van der Waals surface area contributed by atoms with Crippen LogP contribution in [0.4, 0.5) is 0 Å². The normalized spacial score (nSPS) is 10.3. The molecular formula is C23H30N2O4. The van der Waals surface area contributed by atoms with Crippen molar-refractivity contribution in [2.75, 3.05) is 26.3 Å². The molecule has 6 heteroatoms. The molecule has 0 radical (unpaired) electrons. The van der Waals surface area contributed by atoms with Crippen molar-refractivity contribution in [1.82, 2.24) is 10.6 Å². The van der Waals surface area contributed by atoms with Gasteiger partial charge in [-0.1, -0.05) is 24.3 Å². The molecule has 2 N–H and O–H groups in total. The third-order valence-corrected chi connectivity index (χ3v) is 4.37. The standard InChI is InChI=1S/C23H30N2O4/c1-4-28-20-11-10-18(16-21(20)29-5-2)12-14-24-22(26)13-15-25-23(27)19-9-7-6-8-17(19)3/h6-11,16H,4-5,12-15H2,1-3H3,(H,24,26)(H,25,27). The van der Waals surface area contributed by atoms with E-state index in [1.54, 1.807) is 6.07 Å². The van der Waals surface area contributed by atoms with Crippen LogP contribution in [0.1, 0.15) is 41.8 Å². The molecule has 2 amide bonds. The van der Waals surface area contributed by atoms with E-state index in [9.17, 15) is 9.59 Å². The number of benzene rings is 2. The molecule has 0 unspecified atom stereocenters. The number of hydrogen-bond donors (Lipinski definition) is 2. The van der Waals surface area contributed by atoms with Crippen LogP contribution in [0, 0.1) is 6.92 Å². The zero-order chi connectivity index (χ0) is 21.1. The fourth-order valence-electron chi connectivity index (χ4n) is 2.90. The Balaban J connectivity index is 1.73. The van der Waals surface area contributed by atoms with Gasteiger partial charge in [0, 0.05) is 25.1 Å². The van der Waals surface area contributed by atoms with Crippen LogP contribution in [0.5, 0.6) is 11.5 Å². The highest BCUT2D eigenvalue weighted by molar-refractivity contribution is 5.95. The van der Waals surface area contributed by atoms with Gasteiger partial charge in [0.1, 0.15) is 0 Å². The SMILES string of the molecule is CCOc1ccc(CCNC(=O)CCNC(=O)c2ccccc2C)cc1OCC. The van der Waals surface area contributed by atoms with Crippen molar-refractivity contribution in [3.63, 3.8) is 0 Å². The molecule has 2 rings (SSSR count). The van der Waals surface area contributed by atoms with E-state index in [1.165, 1.54) is 0 Å². The topological polar surface area (TPSA) is 76.7 Å². The Morgan fingerprint density at radius 2 is 1.62 bits per heavy atom. The van der Waals surface area contributed by atoms with Crippen molar-refractivity contribution in [2.24, 2.45) is 0 Å². The quantitative estimate of drug-likeness (QED) is 0.609. The van der Waals surface area contributed by atoms with Gasteiger partial charge >= 0.3 is 0 Å². The van der Waals surface area contributed by atoms with Gasteiger partial charge in [-0.15, -0.1) is 0 Å². The molecule has 156 valence electrons. The first kappa shape index (κ1) is 22.3. The minimum atomic E-state index is -0.159. The summed E-state index contributed by atoms with van der Waals surface area (Å²) in [5.74, 6) is 1.20. The predicted molar refractivity (Wildman–Crippen MR) is 114 cm³/mol. The molecule has 0 spiro atoms. The first-order valence-electron chi connectivity index (χ1n) is 10.0. The molecule has 29 heavy (non-hydrogen) atoms. The second kappa shape index (κ2) is 11.7. The molecule has 0 aliphatic heterocycles. The summed E-state index contributed by atoms with van der Waals surface area (Å²) < 4.78 is 11.2. The van der Waals surface area contributed by atoms with Gasteiger partial charge in [0.05, 0.1) is 13.2 Å². The van der Waals surface area contributed by atoms with Gasteiger partial charge in [0.2, 0.25) is 5.91 Å². The number of amides is 2. The average Bonchev–Trinajstić information content (AvgIpc) is 2.70. The lowest BCUT2D eigenvalue weighted by molar-refractivity contribution is -0.120. The maximum atomic E-state index is 12.1. The summed E-state index contributed by atoms with van der Waals surface area (Å²) in [5, 5.41) is 5.67. The summed E-state index contributed by atoms with van der Waals surface area (Å²) in [6.07, 6.45) is 0.929. The largest absolute Gasteiger partial charge is 0.490 e. The molecular weight excluding hydrogens is 368 g/mol. The molecule has 6 nitrogen and oxygen atoms in total. The van der Waals surface area contributed by atoms with Gasteiger partial charge in [0.15, 0.2) is 11.5 Å². The van der Waals surface area contributed by atoms with Crippen LogP contribution in [-0.4, -0.2) is 38.1 Å². The number of aryl methyl sites for hydroxylation is 1. The van der Waals surface area contributed by atoms with Gasteiger partial charge in [-0.25, -0.2) is 0 Å². The van der Waals surface area contributed by atoms with E-state index in [4.69, 9.17) is 9.47 Å². The Morgan fingerprint density at radius 1 is 0.897 bits per heavy atom. The van der Waals surface area contributed by atoms with Gasteiger partial charge in [-0.3, -0.25) is 9.59 Å². The van der Waals surface area contributed by atoms with Crippen LogP contribution < -0.4 is 20.1 Å². The number of ether oxygens (including phenoxy) is 2. The summed E-state index contributed by atoms with van der Waals surface area (Å²) in [5.41, 5.74) is 2.61. The van der Waals surface area contributed by atoms with Gasteiger partial charge in [-0.2, -0.15) is 0 Å². The fourth-order valence-corrected chi connectivity index (χ4v) is 2.90. The van der Waals surface area contributed by atoms with Gasteiger partial charge in [-0.05, 0) is 56.5 Å². The van der Waals surface area contributed by atoms with Crippen molar-refractivity contribution in [3.05, 3.63) is 59.2 Å². The van der Waals surface area contributed by atoms with Crippen LogP contribution >= 0.6 is 0 Å². The van der Waals surface area contributed by atoms with Crippen molar-refractivity contribution in [3.8, 4) is 11.5 Å². The summed E-state index contributed by atoms with van der Waals surface area (Å²) in [7, 11) is 0. The second-order valence-corrected chi connectivity index (χ2v) is 6.57. The van der Waals surface area contributed by atoms with Crippen LogP contribution in [0.2, 0.25) is 0 Å². The third-order valence-electron chi connectivity index (χ3n) is 4.37. The lowest BCUT2D eigenvalue weighted by Crippen LogP contribution is -2.31. The highest BCUT2D eigenvalue weighted by Gasteiger charge is 2.09. The Bertz CT molecular complexity index is 820.